The number of hydrogen-bond donors (Lipinski definition) is 1. The second-order valence-electron chi connectivity index (χ2n) is 6.56. The summed E-state index contributed by atoms with van der Waals surface area (Å²) in [6, 6.07) is 11.5. The van der Waals surface area contributed by atoms with Crippen molar-refractivity contribution in [3.8, 4) is 0 Å². The van der Waals surface area contributed by atoms with Crippen molar-refractivity contribution in [1.82, 2.24) is 15.1 Å². The molecule has 5 heteroatoms. The summed E-state index contributed by atoms with van der Waals surface area (Å²) in [5.74, 6) is 0.254. The molecule has 1 aromatic rings. The van der Waals surface area contributed by atoms with E-state index in [1.54, 1.807) is 0 Å². The maximum absolute atomic E-state index is 12.6. The number of benzene rings is 1. The third-order valence-corrected chi connectivity index (χ3v) is 4.92. The Morgan fingerprint density at radius 3 is 2.70 bits per heavy atom. The minimum Gasteiger partial charge on any atom is -0.338 e. The van der Waals surface area contributed by atoms with Crippen molar-refractivity contribution in [3.63, 3.8) is 0 Å². The van der Waals surface area contributed by atoms with E-state index >= 15 is 0 Å². The number of hydrogen-bond acceptors (Lipinski definition) is 3. The van der Waals surface area contributed by atoms with E-state index in [-0.39, 0.29) is 18.3 Å². The first-order valence-electron chi connectivity index (χ1n) is 8.54. The van der Waals surface area contributed by atoms with Gasteiger partial charge in [-0.2, -0.15) is 0 Å². The van der Waals surface area contributed by atoms with Crippen LogP contribution in [-0.2, 0) is 11.3 Å². The van der Waals surface area contributed by atoms with E-state index in [2.05, 4.69) is 29.3 Å². The lowest BCUT2D eigenvalue weighted by Crippen LogP contribution is -2.43. The van der Waals surface area contributed by atoms with Crippen molar-refractivity contribution < 1.29 is 4.79 Å². The van der Waals surface area contributed by atoms with Gasteiger partial charge in [0.2, 0.25) is 5.91 Å². The molecular weight excluding hydrogens is 310 g/mol. The molecule has 0 spiro atoms. The standard InChI is InChI=1S/C18H27N3O.ClH/c1-2-21(12-15-6-4-3-5-7-15)18(22)14-20-11-10-16-8-9-17(13-20)19-16;/h3-7,16-17,19H,2,8-14H2,1H3;1H. The number of carbonyl (C=O) groups is 1. The highest BCUT2D eigenvalue weighted by atomic mass is 35.5. The van der Waals surface area contributed by atoms with E-state index in [0.717, 1.165) is 19.6 Å². The van der Waals surface area contributed by atoms with Crippen molar-refractivity contribution >= 4 is 18.3 Å². The quantitative estimate of drug-likeness (QED) is 0.895. The summed E-state index contributed by atoms with van der Waals surface area (Å²) in [5, 5.41) is 3.67. The lowest BCUT2D eigenvalue weighted by Gasteiger charge is -2.27. The van der Waals surface area contributed by atoms with Gasteiger partial charge in [0.25, 0.3) is 0 Å². The van der Waals surface area contributed by atoms with Crippen molar-refractivity contribution in [1.29, 1.82) is 0 Å². The molecule has 1 aromatic carbocycles. The average Bonchev–Trinajstić information content (AvgIpc) is 2.88. The Bertz CT molecular complexity index is 496. The maximum Gasteiger partial charge on any atom is 0.237 e. The fraction of sp³-hybridized carbons (Fsp3) is 0.611. The summed E-state index contributed by atoms with van der Waals surface area (Å²) in [6.45, 7) is 6.17. The Labute approximate surface area is 145 Å². The van der Waals surface area contributed by atoms with Gasteiger partial charge in [0, 0.05) is 38.3 Å². The van der Waals surface area contributed by atoms with E-state index in [1.165, 1.54) is 24.8 Å². The fourth-order valence-corrected chi connectivity index (χ4v) is 3.63. The average molecular weight is 338 g/mol. The van der Waals surface area contributed by atoms with Crippen LogP contribution in [0.25, 0.3) is 0 Å². The monoisotopic (exact) mass is 337 g/mol. The molecule has 2 unspecified atom stereocenters. The number of fused-ring (bicyclic) bond motifs is 2. The summed E-state index contributed by atoms with van der Waals surface area (Å²) in [6.07, 6.45) is 3.74. The van der Waals surface area contributed by atoms with Crippen molar-refractivity contribution in [3.05, 3.63) is 35.9 Å². The summed E-state index contributed by atoms with van der Waals surface area (Å²) < 4.78 is 0. The first-order chi connectivity index (χ1) is 10.7. The maximum atomic E-state index is 12.6. The van der Waals surface area contributed by atoms with Crippen LogP contribution in [0.15, 0.2) is 30.3 Å². The molecule has 2 aliphatic heterocycles. The topological polar surface area (TPSA) is 35.6 Å². The molecule has 0 radical (unpaired) electrons. The van der Waals surface area contributed by atoms with Gasteiger partial charge in [-0.3, -0.25) is 9.69 Å². The fourth-order valence-electron chi connectivity index (χ4n) is 3.63. The minimum absolute atomic E-state index is 0. The second kappa shape index (κ2) is 8.67. The number of rotatable bonds is 5. The van der Waals surface area contributed by atoms with Crippen molar-refractivity contribution in [2.45, 2.75) is 44.8 Å². The Hall–Kier alpha value is -1.10. The van der Waals surface area contributed by atoms with Crippen LogP contribution in [0.1, 0.15) is 31.7 Å². The van der Waals surface area contributed by atoms with Crippen LogP contribution >= 0.6 is 12.4 Å². The SMILES string of the molecule is CCN(Cc1ccccc1)C(=O)CN1CCC2CCC(C1)N2.Cl. The van der Waals surface area contributed by atoms with Crippen LogP contribution in [0.3, 0.4) is 0 Å². The van der Waals surface area contributed by atoms with E-state index in [4.69, 9.17) is 0 Å². The van der Waals surface area contributed by atoms with Gasteiger partial charge in [0.05, 0.1) is 6.54 Å². The molecule has 4 nitrogen and oxygen atoms in total. The van der Waals surface area contributed by atoms with Crippen molar-refractivity contribution in [2.24, 2.45) is 0 Å². The summed E-state index contributed by atoms with van der Waals surface area (Å²) >= 11 is 0. The van der Waals surface area contributed by atoms with Crippen molar-refractivity contribution in [2.75, 3.05) is 26.2 Å². The van der Waals surface area contributed by atoms with Gasteiger partial charge in [-0.1, -0.05) is 30.3 Å². The van der Waals surface area contributed by atoms with E-state index in [9.17, 15) is 4.79 Å². The van der Waals surface area contributed by atoms with E-state index in [1.807, 2.05) is 23.1 Å². The molecule has 0 aromatic heterocycles. The van der Waals surface area contributed by atoms with Crippen LogP contribution in [-0.4, -0.2) is 54.0 Å². The van der Waals surface area contributed by atoms with Crippen LogP contribution in [0, 0.1) is 0 Å². The normalized spacial score (nSPS) is 23.9. The number of likely N-dealkylation sites (N-methyl/N-ethyl adjacent to an activating group) is 1. The third-order valence-electron chi connectivity index (χ3n) is 4.92. The van der Waals surface area contributed by atoms with Gasteiger partial charge >= 0.3 is 0 Å². The summed E-state index contributed by atoms with van der Waals surface area (Å²) in [5.41, 5.74) is 1.20. The highest BCUT2D eigenvalue weighted by molar-refractivity contribution is 5.85. The Morgan fingerprint density at radius 1 is 1.22 bits per heavy atom. The van der Waals surface area contributed by atoms with Gasteiger partial charge in [-0.25, -0.2) is 0 Å². The molecule has 2 bridgehead atoms. The molecule has 128 valence electrons. The number of carbonyl (C=O) groups excluding carboxylic acids is 1. The second-order valence-corrected chi connectivity index (χ2v) is 6.56. The molecule has 1 amide bonds. The molecular formula is C18H28ClN3O. The van der Waals surface area contributed by atoms with Crippen LogP contribution in [0.2, 0.25) is 0 Å². The number of nitrogens with one attached hydrogen (secondary N) is 1. The molecule has 2 aliphatic rings. The number of likely N-dealkylation sites (tertiary alicyclic amines) is 1. The lowest BCUT2D eigenvalue weighted by molar-refractivity contribution is -0.132. The van der Waals surface area contributed by atoms with Crippen LogP contribution in [0.4, 0.5) is 0 Å². The minimum atomic E-state index is 0. The Kier molecular flexibility index (Phi) is 6.88. The molecule has 1 N–H and O–H groups in total. The van der Waals surface area contributed by atoms with Crippen LogP contribution < -0.4 is 5.32 Å². The zero-order valence-electron chi connectivity index (χ0n) is 13.9. The van der Waals surface area contributed by atoms with Gasteiger partial charge in [-0.05, 0) is 31.7 Å². The molecule has 2 heterocycles. The third kappa shape index (κ3) is 4.93. The molecule has 2 atom stereocenters. The largest absolute Gasteiger partial charge is 0.338 e. The smallest absolute Gasteiger partial charge is 0.237 e. The molecule has 0 aliphatic carbocycles. The number of halogens is 1. The van der Waals surface area contributed by atoms with Gasteiger partial charge in [0.1, 0.15) is 0 Å². The van der Waals surface area contributed by atoms with Gasteiger partial charge in [0.15, 0.2) is 0 Å². The Balaban J connectivity index is 0.00000192. The van der Waals surface area contributed by atoms with E-state index in [0.29, 0.717) is 25.2 Å². The highest BCUT2D eigenvalue weighted by Gasteiger charge is 2.30. The molecule has 23 heavy (non-hydrogen) atoms. The van der Waals surface area contributed by atoms with Gasteiger partial charge in [-0.15, -0.1) is 12.4 Å². The zero-order valence-corrected chi connectivity index (χ0v) is 14.7. The number of amides is 1. The predicted molar refractivity (Wildman–Crippen MR) is 95.8 cm³/mol. The van der Waals surface area contributed by atoms with Gasteiger partial charge < -0.3 is 10.2 Å². The Morgan fingerprint density at radius 2 is 1.96 bits per heavy atom. The molecule has 0 saturated carbocycles. The highest BCUT2D eigenvalue weighted by Crippen LogP contribution is 2.20. The number of nitrogens with zero attached hydrogens (tertiary/aromatic N) is 2. The first-order valence-corrected chi connectivity index (χ1v) is 8.54. The molecule has 2 fully saturated rings. The molecule has 3 rings (SSSR count). The summed E-state index contributed by atoms with van der Waals surface area (Å²) in [4.78, 5) is 16.9. The lowest BCUT2D eigenvalue weighted by atomic mass is 10.1. The summed E-state index contributed by atoms with van der Waals surface area (Å²) in [7, 11) is 0. The van der Waals surface area contributed by atoms with E-state index < -0.39 is 0 Å². The molecule has 2 saturated heterocycles. The first kappa shape index (κ1) is 18.2. The predicted octanol–water partition coefficient (Wildman–Crippen LogP) is 2.28. The van der Waals surface area contributed by atoms with Crippen LogP contribution in [0.5, 0.6) is 0 Å². The zero-order chi connectivity index (χ0) is 15.4.